The SMILES string of the molecule is CC(C)c1nnc(N2CC(C(=O)N(Cc3ccc(O)cc3)C3CC3)CC2=O)s1. The van der Waals surface area contributed by atoms with Crippen LogP contribution in [0.25, 0.3) is 0 Å². The van der Waals surface area contributed by atoms with Gasteiger partial charge in [-0.1, -0.05) is 37.3 Å². The number of carbonyl (C=O) groups excluding carboxylic acids is 2. The first-order valence-electron chi connectivity index (χ1n) is 9.64. The maximum absolute atomic E-state index is 13.2. The highest BCUT2D eigenvalue weighted by Gasteiger charge is 2.42. The van der Waals surface area contributed by atoms with E-state index in [1.165, 1.54) is 11.3 Å². The zero-order chi connectivity index (χ0) is 19.8. The largest absolute Gasteiger partial charge is 0.508 e. The predicted octanol–water partition coefficient (Wildman–Crippen LogP) is 2.91. The molecule has 2 aliphatic rings. The Bertz CT molecular complexity index is 876. The highest BCUT2D eigenvalue weighted by atomic mass is 32.1. The van der Waals surface area contributed by atoms with Gasteiger partial charge in [0.25, 0.3) is 0 Å². The molecule has 2 aromatic rings. The van der Waals surface area contributed by atoms with Crippen molar-refractivity contribution in [2.24, 2.45) is 5.92 Å². The van der Waals surface area contributed by atoms with Crippen LogP contribution in [-0.4, -0.2) is 44.6 Å². The minimum atomic E-state index is -0.350. The van der Waals surface area contributed by atoms with Gasteiger partial charge in [-0.05, 0) is 30.5 Å². The van der Waals surface area contributed by atoms with Crippen molar-refractivity contribution in [1.82, 2.24) is 15.1 Å². The fourth-order valence-electron chi connectivity index (χ4n) is 3.43. The molecule has 7 nitrogen and oxygen atoms in total. The van der Waals surface area contributed by atoms with Crippen molar-refractivity contribution in [1.29, 1.82) is 0 Å². The predicted molar refractivity (Wildman–Crippen MR) is 106 cm³/mol. The van der Waals surface area contributed by atoms with Gasteiger partial charge in [0, 0.05) is 31.5 Å². The van der Waals surface area contributed by atoms with Crippen molar-refractivity contribution < 1.29 is 14.7 Å². The zero-order valence-corrected chi connectivity index (χ0v) is 16.9. The van der Waals surface area contributed by atoms with E-state index in [4.69, 9.17) is 0 Å². The molecule has 1 aliphatic carbocycles. The number of nitrogens with zero attached hydrogens (tertiary/aromatic N) is 4. The molecule has 1 saturated heterocycles. The van der Waals surface area contributed by atoms with Crippen LogP contribution in [0.2, 0.25) is 0 Å². The molecule has 28 heavy (non-hydrogen) atoms. The average molecular weight is 401 g/mol. The summed E-state index contributed by atoms with van der Waals surface area (Å²) in [5, 5.41) is 19.3. The molecule has 1 unspecified atom stereocenters. The Kier molecular flexibility index (Phi) is 5.05. The number of phenolic OH excluding ortho intramolecular Hbond substituents is 1. The number of rotatable bonds is 6. The number of hydrogen-bond donors (Lipinski definition) is 1. The van der Waals surface area contributed by atoms with Crippen LogP contribution in [0.4, 0.5) is 5.13 Å². The van der Waals surface area contributed by atoms with E-state index in [2.05, 4.69) is 10.2 Å². The third-order valence-electron chi connectivity index (χ3n) is 5.19. The summed E-state index contributed by atoms with van der Waals surface area (Å²) in [5.74, 6) is 0.0850. The molecule has 0 spiro atoms. The van der Waals surface area contributed by atoms with Crippen molar-refractivity contribution >= 4 is 28.3 Å². The maximum Gasteiger partial charge on any atom is 0.229 e. The summed E-state index contributed by atoms with van der Waals surface area (Å²) in [7, 11) is 0. The number of anilines is 1. The highest BCUT2D eigenvalue weighted by Crippen LogP contribution is 2.34. The second-order valence-electron chi connectivity index (χ2n) is 7.85. The van der Waals surface area contributed by atoms with Gasteiger partial charge in [-0.25, -0.2) is 0 Å². The Hall–Kier alpha value is -2.48. The van der Waals surface area contributed by atoms with Crippen LogP contribution in [-0.2, 0) is 16.1 Å². The van der Waals surface area contributed by atoms with Gasteiger partial charge in [0.2, 0.25) is 16.9 Å². The van der Waals surface area contributed by atoms with Gasteiger partial charge < -0.3 is 10.0 Å². The Morgan fingerprint density at radius 3 is 2.61 bits per heavy atom. The van der Waals surface area contributed by atoms with E-state index in [0.717, 1.165) is 23.4 Å². The first-order valence-corrected chi connectivity index (χ1v) is 10.5. The number of aromatic hydroxyl groups is 1. The summed E-state index contributed by atoms with van der Waals surface area (Å²) in [6.45, 7) is 4.95. The van der Waals surface area contributed by atoms with E-state index in [-0.39, 0.29) is 41.9 Å². The number of carbonyl (C=O) groups is 2. The first kappa shape index (κ1) is 18.9. The van der Waals surface area contributed by atoms with Gasteiger partial charge in [0.15, 0.2) is 0 Å². The molecule has 1 saturated carbocycles. The number of aromatic nitrogens is 2. The molecule has 1 aromatic carbocycles. The van der Waals surface area contributed by atoms with E-state index in [9.17, 15) is 14.7 Å². The molecule has 0 radical (unpaired) electrons. The van der Waals surface area contributed by atoms with Crippen LogP contribution < -0.4 is 4.90 Å². The van der Waals surface area contributed by atoms with Gasteiger partial charge in [-0.15, -0.1) is 10.2 Å². The summed E-state index contributed by atoms with van der Waals surface area (Å²) < 4.78 is 0. The molecule has 2 amide bonds. The number of phenols is 1. The minimum Gasteiger partial charge on any atom is -0.508 e. The summed E-state index contributed by atoms with van der Waals surface area (Å²) in [5.41, 5.74) is 0.977. The summed E-state index contributed by atoms with van der Waals surface area (Å²) in [6.07, 6.45) is 2.22. The van der Waals surface area contributed by atoms with Crippen molar-refractivity contribution in [3.63, 3.8) is 0 Å². The molecule has 8 heteroatoms. The van der Waals surface area contributed by atoms with E-state index >= 15 is 0 Å². The molecule has 148 valence electrons. The monoisotopic (exact) mass is 400 g/mol. The minimum absolute atomic E-state index is 0.0278. The van der Waals surface area contributed by atoms with Gasteiger partial charge in [-0.3, -0.25) is 14.5 Å². The van der Waals surface area contributed by atoms with Crippen LogP contribution >= 0.6 is 11.3 Å². The number of benzene rings is 1. The van der Waals surface area contributed by atoms with Gasteiger partial charge >= 0.3 is 0 Å². The molecule has 1 N–H and O–H groups in total. The van der Waals surface area contributed by atoms with Crippen LogP contribution in [0, 0.1) is 5.92 Å². The van der Waals surface area contributed by atoms with Crippen LogP contribution in [0.5, 0.6) is 5.75 Å². The van der Waals surface area contributed by atoms with Crippen LogP contribution in [0.15, 0.2) is 24.3 Å². The third-order valence-corrected chi connectivity index (χ3v) is 6.44. The second-order valence-corrected chi connectivity index (χ2v) is 8.83. The van der Waals surface area contributed by atoms with E-state index in [1.54, 1.807) is 17.0 Å². The Morgan fingerprint density at radius 1 is 1.29 bits per heavy atom. The quantitative estimate of drug-likeness (QED) is 0.806. The Morgan fingerprint density at radius 2 is 2.00 bits per heavy atom. The number of hydrogen-bond acceptors (Lipinski definition) is 6. The van der Waals surface area contributed by atoms with E-state index in [0.29, 0.717) is 18.2 Å². The fraction of sp³-hybridized carbons (Fsp3) is 0.500. The van der Waals surface area contributed by atoms with Gasteiger partial charge in [0.1, 0.15) is 10.8 Å². The second kappa shape index (κ2) is 7.50. The number of amides is 2. The van der Waals surface area contributed by atoms with E-state index < -0.39 is 0 Å². The summed E-state index contributed by atoms with van der Waals surface area (Å²) in [4.78, 5) is 29.2. The van der Waals surface area contributed by atoms with Crippen LogP contribution in [0.3, 0.4) is 0 Å². The molecule has 2 heterocycles. The van der Waals surface area contributed by atoms with Crippen molar-refractivity contribution in [2.45, 2.75) is 51.6 Å². The molecule has 2 fully saturated rings. The molecule has 0 bridgehead atoms. The van der Waals surface area contributed by atoms with Crippen LogP contribution in [0.1, 0.15) is 49.6 Å². The zero-order valence-electron chi connectivity index (χ0n) is 16.0. The third kappa shape index (κ3) is 3.87. The molecule has 1 atom stereocenters. The topological polar surface area (TPSA) is 86.6 Å². The molecular weight excluding hydrogens is 376 g/mol. The van der Waals surface area contributed by atoms with Crippen molar-refractivity contribution in [3.05, 3.63) is 34.8 Å². The van der Waals surface area contributed by atoms with Gasteiger partial charge in [0.05, 0.1) is 5.92 Å². The summed E-state index contributed by atoms with van der Waals surface area (Å²) in [6, 6.07) is 7.18. The highest BCUT2D eigenvalue weighted by molar-refractivity contribution is 7.15. The lowest BCUT2D eigenvalue weighted by Gasteiger charge is -2.25. The van der Waals surface area contributed by atoms with Crippen molar-refractivity contribution in [3.8, 4) is 5.75 Å². The van der Waals surface area contributed by atoms with Gasteiger partial charge in [-0.2, -0.15) is 0 Å². The smallest absolute Gasteiger partial charge is 0.229 e. The fourth-order valence-corrected chi connectivity index (χ4v) is 4.31. The summed E-state index contributed by atoms with van der Waals surface area (Å²) >= 11 is 1.42. The molecule has 4 rings (SSSR count). The normalized spacial score (nSPS) is 19.5. The first-order chi connectivity index (χ1) is 13.4. The average Bonchev–Trinajstić information content (AvgIpc) is 3.25. The molecular formula is C20H24N4O3S. The van der Waals surface area contributed by atoms with E-state index in [1.807, 2.05) is 30.9 Å². The lowest BCUT2D eigenvalue weighted by Crippen LogP contribution is -2.38. The Labute approximate surface area is 168 Å². The lowest BCUT2D eigenvalue weighted by molar-refractivity contribution is -0.137. The Balaban J connectivity index is 1.47. The lowest BCUT2D eigenvalue weighted by atomic mass is 10.1. The maximum atomic E-state index is 13.2. The standard InChI is InChI=1S/C20H24N4O3S/c1-12(2)18-21-22-20(28-18)24-11-14(9-17(24)26)19(27)23(15-5-6-15)10-13-3-7-16(25)8-4-13/h3-4,7-8,12,14-15,25H,5-6,9-11H2,1-2H3. The van der Waals surface area contributed by atoms with Crippen molar-refractivity contribution in [2.75, 3.05) is 11.4 Å². The molecule has 1 aliphatic heterocycles. The molecule has 1 aromatic heterocycles.